The highest BCUT2D eigenvalue weighted by Crippen LogP contribution is 2.41. The summed E-state index contributed by atoms with van der Waals surface area (Å²) in [6.45, 7) is 0.502. The smallest absolute Gasteiger partial charge is 0.276 e. The van der Waals surface area contributed by atoms with E-state index in [1.165, 1.54) is 18.2 Å². The lowest BCUT2D eigenvalue weighted by molar-refractivity contribution is -0.385. The third-order valence-corrected chi connectivity index (χ3v) is 5.81. The predicted octanol–water partition coefficient (Wildman–Crippen LogP) is 4.80. The highest BCUT2D eigenvalue weighted by molar-refractivity contribution is 5.93. The second kappa shape index (κ2) is 9.56. The van der Waals surface area contributed by atoms with Crippen LogP contribution in [0.2, 0.25) is 0 Å². The van der Waals surface area contributed by atoms with E-state index in [0.29, 0.717) is 30.0 Å². The van der Waals surface area contributed by atoms with Crippen LogP contribution in [0.25, 0.3) is 6.08 Å². The first-order chi connectivity index (χ1) is 16.0. The Morgan fingerprint density at radius 3 is 2.39 bits per heavy atom. The first-order valence-electron chi connectivity index (χ1n) is 10.5. The normalized spacial score (nSPS) is 15.2. The zero-order valence-electron chi connectivity index (χ0n) is 18.4. The molecule has 7 heteroatoms. The van der Waals surface area contributed by atoms with Gasteiger partial charge in [-0.2, -0.15) is 0 Å². The Balaban J connectivity index is 1.74. The number of benzene rings is 3. The number of nitro groups is 1. The van der Waals surface area contributed by atoms with E-state index in [4.69, 9.17) is 9.47 Å². The standard InChI is InChI=1S/C26H24N2O5/c1-32-23-16-20-14-15-27(25(29)13-12-18-8-6-7-11-22(18)28(30)31)26(19-9-4-3-5-10-19)21(20)17-24(23)33-2/h3-13,16-17,26H,14-15H2,1-2H3/b13-12+. The second-order valence-electron chi connectivity index (χ2n) is 7.65. The van der Waals surface area contributed by atoms with Gasteiger partial charge in [-0.1, -0.05) is 42.5 Å². The Labute approximate surface area is 192 Å². The van der Waals surface area contributed by atoms with E-state index in [1.54, 1.807) is 37.3 Å². The second-order valence-corrected chi connectivity index (χ2v) is 7.65. The molecule has 1 amide bonds. The topological polar surface area (TPSA) is 81.9 Å². The molecule has 3 aromatic carbocycles. The van der Waals surface area contributed by atoms with Crippen LogP contribution in [0.15, 0.2) is 72.8 Å². The minimum atomic E-state index is -0.451. The molecule has 1 heterocycles. The van der Waals surface area contributed by atoms with Gasteiger partial charge in [0.25, 0.3) is 5.69 Å². The van der Waals surface area contributed by atoms with Crippen molar-refractivity contribution in [2.75, 3.05) is 20.8 Å². The van der Waals surface area contributed by atoms with E-state index >= 15 is 0 Å². The fraction of sp³-hybridized carbons (Fsp3) is 0.192. The number of para-hydroxylation sites is 1. The maximum absolute atomic E-state index is 13.3. The molecular formula is C26H24N2O5. The zero-order valence-corrected chi connectivity index (χ0v) is 18.4. The van der Waals surface area contributed by atoms with Crippen LogP contribution in [0, 0.1) is 10.1 Å². The summed E-state index contributed by atoms with van der Waals surface area (Å²) in [7, 11) is 3.19. The van der Waals surface area contributed by atoms with Crippen molar-refractivity contribution < 1.29 is 19.2 Å². The van der Waals surface area contributed by atoms with Gasteiger partial charge in [0.15, 0.2) is 11.5 Å². The molecule has 1 atom stereocenters. The molecule has 0 spiro atoms. The molecule has 0 saturated heterocycles. The number of hydrogen-bond acceptors (Lipinski definition) is 5. The third-order valence-electron chi connectivity index (χ3n) is 5.81. The fourth-order valence-corrected chi connectivity index (χ4v) is 4.23. The van der Waals surface area contributed by atoms with Gasteiger partial charge in [0.2, 0.25) is 5.91 Å². The lowest BCUT2D eigenvalue weighted by Crippen LogP contribution is -2.39. The maximum Gasteiger partial charge on any atom is 0.276 e. The highest BCUT2D eigenvalue weighted by Gasteiger charge is 2.32. The van der Waals surface area contributed by atoms with Crippen molar-refractivity contribution >= 4 is 17.7 Å². The van der Waals surface area contributed by atoms with Crippen LogP contribution in [0.4, 0.5) is 5.69 Å². The van der Waals surface area contributed by atoms with Crippen molar-refractivity contribution in [3.05, 3.63) is 105 Å². The van der Waals surface area contributed by atoms with Gasteiger partial charge in [0.1, 0.15) is 0 Å². The number of fused-ring (bicyclic) bond motifs is 1. The van der Waals surface area contributed by atoms with E-state index in [1.807, 2.05) is 42.5 Å². The molecule has 1 unspecified atom stereocenters. The molecule has 0 fully saturated rings. The molecule has 7 nitrogen and oxygen atoms in total. The molecule has 3 aromatic rings. The van der Waals surface area contributed by atoms with Crippen LogP contribution < -0.4 is 9.47 Å². The van der Waals surface area contributed by atoms with Crippen molar-refractivity contribution in [2.24, 2.45) is 0 Å². The van der Waals surface area contributed by atoms with Crippen molar-refractivity contribution in [1.82, 2.24) is 4.90 Å². The predicted molar refractivity (Wildman–Crippen MR) is 125 cm³/mol. The van der Waals surface area contributed by atoms with Crippen LogP contribution >= 0.6 is 0 Å². The summed E-state index contributed by atoms with van der Waals surface area (Å²) in [5, 5.41) is 11.3. The number of ether oxygens (including phenoxy) is 2. The molecule has 4 rings (SSSR count). The van der Waals surface area contributed by atoms with E-state index in [2.05, 4.69) is 0 Å². The Morgan fingerprint density at radius 2 is 1.70 bits per heavy atom. The number of carbonyl (C=O) groups is 1. The van der Waals surface area contributed by atoms with E-state index in [0.717, 1.165) is 16.7 Å². The molecule has 0 radical (unpaired) electrons. The molecule has 1 aliphatic rings. The van der Waals surface area contributed by atoms with Crippen LogP contribution in [-0.4, -0.2) is 36.5 Å². The van der Waals surface area contributed by atoms with Gasteiger partial charge in [0.05, 0.1) is 30.7 Å². The summed E-state index contributed by atoms with van der Waals surface area (Å²) in [5.41, 5.74) is 3.38. The Bertz CT molecular complexity index is 1210. The summed E-state index contributed by atoms with van der Waals surface area (Å²) in [6.07, 6.45) is 3.57. The summed E-state index contributed by atoms with van der Waals surface area (Å²) < 4.78 is 11.0. The van der Waals surface area contributed by atoms with Crippen LogP contribution in [0.3, 0.4) is 0 Å². The number of amides is 1. The molecule has 33 heavy (non-hydrogen) atoms. The Hall–Kier alpha value is -4.13. The summed E-state index contributed by atoms with van der Waals surface area (Å²) >= 11 is 0. The quantitative estimate of drug-likeness (QED) is 0.310. The minimum absolute atomic E-state index is 0.0398. The highest BCUT2D eigenvalue weighted by atomic mass is 16.6. The molecule has 0 aliphatic carbocycles. The lowest BCUT2D eigenvalue weighted by atomic mass is 9.87. The lowest BCUT2D eigenvalue weighted by Gasteiger charge is -2.37. The van der Waals surface area contributed by atoms with Gasteiger partial charge < -0.3 is 14.4 Å². The average molecular weight is 444 g/mol. The third kappa shape index (κ3) is 4.43. The molecule has 1 aliphatic heterocycles. The number of carbonyl (C=O) groups excluding carboxylic acids is 1. The van der Waals surface area contributed by atoms with Gasteiger partial charge in [-0.25, -0.2) is 0 Å². The maximum atomic E-state index is 13.3. The molecule has 0 aromatic heterocycles. The Morgan fingerprint density at radius 1 is 1.03 bits per heavy atom. The van der Waals surface area contributed by atoms with Crippen molar-refractivity contribution in [3.63, 3.8) is 0 Å². The number of nitro benzene ring substituents is 1. The van der Waals surface area contributed by atoms with Crippen molar-refractivity contribution in [2.45, 2.75) is 12.5 Å². The minimum Gasteiger partial charge on any atom is -0.493 e. The van der Waals surface area contributed by atoms with Crippen LogP contribution in [0.5, 0.6) is 11.5 Å². The zero-order chi connectivity index (χ0) is 23.4. The van der Waals surface area contributed by atoms with Gasteiger partial charge in [-0.15, -0.1) is 0 Å². The van der Waals surface area contributed by atoms with Gasteiger partial charge in [0, 0.05) is 18.7 Å². The van der Waals surface area contributed by atoms with Crippen molar-refractivity contribution in [1.29, 1.82) is 0 Å². The largest absolute Gasteiger partial charge is 0.493 e. The van der Waals surface area contributed by atoms with E-state index in [-0.39, 0.29) is 17.6 Å². The van der Waals surface area contributed by atoms with E-state index in [9.17, 15) is 14.9 Å². The summed E-state index contributed by atoms with van der Waals surface area (Å²) in [6, 6.07) is 19.7. The molecule has 0 saturated carbocycles. The first kappa shape index (κ1) is 22.1. The molecular weight excluding hydrogens is 420 g/mol. The molecule has 168 valence electrons. The molecule has 0 N–H and O–H groups in total. The van der Waals surface area contributed by atoms with Gasteiger partial charge in [-0.05, 0) is 47.4 Å². The monoisotopic (exact) mass is 444 g/mol. The number of nitrogens with zero attached hydrogens (tertiary/aromatic N) is 2. The number of methoxy groups -OCH3 is 2. The average Bonchev–Trinajstić information content (AvgIpc) is 2.86. The van der Waals surface area contributed by atoms with Crippen molar-refractivity contribution in [3.8, 4) is 11.5 Å². The Kier molecular flexibility index (Phi) is 6.40. The fourth-order valence-electron chi connectivity index (χ4n) is 4.23. The van der Waals surface area contributed by atoms with Crippen LogP contribution in [0.1, 0.15) is 28.3 Å². The summed E-state index contributed by atoms with van der Waals surface area (Å²) in [5.74, 6) is 1.03. The molecule has 0 bridgehead atoms. The van der Waals surface area contributed by atoms with Gasteiger partial charge in [-0.3, -0.25) is 14.9 Å². The van der Waals surface area contributed by atoms with E-state index < -0.39 is 4.92 Å². The number of rotatable bonds is 6. The number of hydrogen-bond donors (Lipinski definition) is 0. The summed E-state index contributed by atoms with van der Waals surface area (Å²) in [4.78, 5) is 26.0. The van der Waals surface area contributed by atoms with Crippen LogP contribution in [-0.2, 0) is 11.2 Å². The SMILES string of the molecule is COc1cc2c(cc1OC)C(c1ccccc1)N(C(=O)/C=C/c1ccccc1[N+](=O)[O-])CC2. The van der Waals surface area contributed by atoms with Gasteiger partial charge >= 0.3 is 0 Å². The first-order valence-corrected chi connectivity index (χ1v) is 10.5.